The maximum atomic E-state index is 10.7. The molecule has 1 aliphatic carbocycles. The van der Waals surface area contributed by atoms with Crippen LogP contribution in [0.3, 0.4) is 0 Å². The van der Waals surface area contributed by atoms with Crippen molar-refractivity contribution in [1.82, 2.24) is 9.80 Å². The topological polar surface area (TPSA) is 49.1 Å². The Bertz CT molecular complexity index is 463. The Balaban J connectivity index is 1.54. The smallest absolute Gasteiger partial charge is 0.117 e. The van der Waals surface area contributed by atoms with E-state index in [-0.39, 0.29) is 18.3 Å². The van der Waals surface area contributed by atoms with Gasteiger partial charge in [-0.3, -0.25) is 9.80 Å². The third kappa shape index (κ3) is 5.06. The van der Waals surface area contributed by atoms with Crippen LogP contribution in [0, 0.1) is 0 Å². The fourth-order valence-corrected chi connectivity index (χ4v) is 4.27. The molecule has 1 saturated carbocycles. The molecule has 3 unspecified atom stereocenters. The highest BCUT2D eigenvalue weighted by molar-refractivity contribution is 4.99. The first-order valence-corrected chi connectivity index (χ1v) is 9.42. The van der Waals surface area contributed by atoms with Gasteiger partial charge in [-0.05, 0) is 38.8 Å². The van der Waals surface area contributed by atoms with Crippen molar-refractivity contribution >= 4 is 0 Å². The average molecular weight is 336 g/mol. The largest absolute Gasteiger partial charge is 0.468 e. The van der Waals surface area contributed by atoms with Crippen molar-refractivity contribution in [2.24, 2.45) is 0 Å². The van der Waals surface area contributed by atoms with Crippen LogP contribution in [0.5, 0.6) is 0 Å². The van der Waals surface area contributed by atoms with E-state index in [1.54, 1.807) is 6.26 Å². The number of aliphatic hydroxyl groups excluding tert-OH is 1. The van der Waals surface area contributed by atoms with E-state index >= 15 is 0 Å². The number of hydrogen-bond acceptors (Lipinski definition) is 5. The van der Waals surface area contributed by atoms with E-state index in [0.29, 0.717) is 12.6 Å². The molecule has 3 rings (SSSR count). The highest BCUT2D eigenvalue weighted by Crippen LogP contribution is 2.25. The van der Waals surface area contributed by atoms with E-state index in [2.05, 4.69) is 23.6 Å². The molecule has 2 fully saturated rings. The molecular weight excluding hydrogens is 304 g/mol. The number of furan rings is 1. The van der Waals surface area contributed by atoms with E-state index in [0.717, 1.165) is 31.9 Å². The standard InChI is InChI=1S/C19H32N2O3/c1-15-10-20(11-16(2)24-15)12-18(22)13-21(17-6-3-4-7-17)14-19-8-5-9-23-19/h5,8-9,15-18,22H,3-4,6-7,10-14H2,1-2H3. The first-order chi connectivity index (χ1) is 11.6. The molecule has 2 aliphatic rings. The minimum Gasteiger partial charge on any atom is -0.468 e. The first-order valence-electron chi connectivity index (χ1n) is 9.42. The van der Waals surface area contributed by atoms with Gasteiger partial charge in [0.25, 0.3) is 0 Å². The quantitative estimate of drug-likeness (QED) is 0.829. The van der Waals surface area contributed by atoms with E-state index in [1.807, 2.05) is 12.1 Å². The van der Waals surface area contributed by atoms with Gasteiger partial charge in [0.05, 0.1) is 31.1 Å². The number of rotatable bonds is 7. The van der Waals surface area contributed by atoms with Gasteiger partial charge in [-0.25, -0.2) is 0 Å². The number of morpholine rings is 1. The second-order valence-corrected chi connectivity index (χ2v) is 7.58. The van der Waals surface area contributed by atoms with Crippen molar-refractivity contribution in [3.05, 3.63) is 24.2 Å². The normalized spacial score (nSPS) is 27.8. The van der Waals surface area contributed by atoms with Gasteiger partial charge >= 0.3 is 0 Å². The van der Waals surface area contributed by atoms with Crippen LogP contribution in [0.2, 0.25) is 0 Å². The molecule has 1 saturated heterocycles. The molecule has 1 aliphatic heterocycles. The predicted octanol–water partition coefficient (Wildman–Crippen LogP) is 2.49. The molecule has 1 N–H and O–H groups in total. The van der Waals surface area contributed by atoms with Crippen molar-refractivity contribution in [1.29, 1.82) is 0 Å². The Labute approximate surface area is 145 Å². The summed E-state index contributed by atoms with van der Waals surface area (Å²) in [7, 11) is 0. The van der Waals surface area contributed by atoms with Crippen LogP contribution >= 0.6 is 0 Å². The van der Waals surface area contributed by atoms with Gasteiger partial charge in [-0.2, -0.15) is 0 Å². The van der Waals surface area contributed by atoms with Gasteiger partial charge in [0, 0.05) is 32.2 Å². The second-order valence-electron chi connectivity index (χ2n) is 7.58. The highest BCUT2D eigenvalue weighted by Gasteiger charge is 2.28. The van der Waals surface area contributed by atoms with E-state index in [1.165, 1.54) is 25.7 Å². The summed E-state index contributed by atoms with van der Waals surface area (Å²) in [6.07, 6.45) is 6.96. The first kappa shape index (κ1) is 17.9. The lowest BCUT2D eigenvalue weighted by Crippen LogP contribution is -2.50. The second kappa shape index (κ2) is 8.48. The van der Waals surface area contributed by atoms with Gasteiger partial charge in [-0.15, -0.1) is 0 Å². The summed E-state index contributed by atoms with van der Waals surface area (Å²) in [5.74, 6) is 0.989. The molecule has 1 aromatic rings. The van der Waals surface area contributed by atoms with Crippen LogP contribution in [-0.4, -0.2) is 65.4 Å². The zero-order chi connectivity index (χ0) is 16.9. The third-order valence-electron chi connectivity index (χ3n) is 5.19. The number of ether oxygens (including phenoxy) is 1. The molecule has 0 radical (unpaired) electrons. The Morgan fingerprint density at radius 3 is 2.58 bits per heavy atom. The van der Waals surface area contributed by atoms with Crippen LogP contribution in [0.1, 0.15) is 45.3 Å². The van der Waals surface area contributed by atoms with Crippen LogP contribution in [0.25, 0.3) is 0 Å². The Kier molecular flexibility index (Phi) is 6.33. The van der Waals surface area contributed by atoms with Crippen molar-refractivity contribution < 1.29 is 14.3 Å². The van der Waals surface area contributed by atoms with E-state index < -0.39 is 0 Å². The van der Waals surface area contributed by atoms with Crippen LogP contribution in [0.4, 0.5) is 0 Å². The summed E-state index contributed by atoms with van der Waals surface area (Å²) in [5.41, 5.74) is 0. The van der Waals surface area contributed by atoms with Crippen LogP contribution < -0.4 is 0 Å². The number of β-amino-alcohol motifs (C(OH)–C–C–N with tert-alkyl or cyclic N) is 1. The summed E-state index contributed by atoms with van der Waals surface area (Å²) < 4.78 is 11.3. The Hall–Kier alpha value is -0.880. The maximum Gasteiger partial charge on any atom is 0.117 e. The monoisotopic (exact) mass is 336 g/mol. The maximum absolute atomic E-state index is 10.7. The Morgan fingerprint density at radius 1 is 1.25 bits per heavy atom. The zero-order valence-corrected chi connectivity index (χ0v) is 15.1. The van der Waals surface area contributed by atoms with Gasteiger partial charge in [-0.1, -0.05) is 12.8 Å². The minimum atomic E-state index is -0.335. The van der Waals surface area contributed by atoms with Crippen molar-refractivity contribution in [2.45, 2.75) is 70.4 Å². The van der Waals surface area contributed by atoms with E-state index in [9.17, 15) is 5.11 Å². The zero-order valence-electron chi connectivity index (χ0n) is 15.1. The van der Waals surface area contributed by atoms with E-state index in [4.69, 9.17) is 9.15 Å². The molecule has 136 valence electrons. The lowest BCUT2D eigenvalue weighted by Gasteiger charge is -2.37. The molecule has 5 nitrogen and oxygen atoms in total. The summed E-state index contributed by atoms with van der Waals surface area (Å²) in [5, 5.41) is 10.7. The van der Waals surface area contributed by atoms with Crippen LogP contribution in [-0.2, 0) is 11.3 Å². The van der Waals surface area contributed by atoms with Gasteiger partial charge < -0.3 is 14.3 Å². The fourth-order valence-electron chi connectivity index (χ4n) is 4.27. The summed E-state index contributed by atoms with van der Waals surface area (Å²) in [6.45, 7) is 8.26. The lowest BCUT2D eigenvalue weighted by molar-refractivity contribution is -0.0788. The van der Waals surface area contributed by atoms with Crippen molar-refractivity contribution in [3.63, 3.8) is 0 Å². The minimum absolute atomic E-state index is 0.245. The summed E-state index contributed by atoms with van der Waals surface area (Å²) in [4.78, 5) is 4.76. The lowest BCUT2D eigenvalue weighted by atomic mass is 10.1. The molecular formula is C19H32N2O3. The molecule has 3 atom stereocenters. The fraction of sp³-hybridized carbons (Fsp3) is 0.789. The predicted molar refractivity (Wildman–Crippen MR) is 93.8 cm³/mol. The van der Waals surface area contributed by atoms with Crippen molar-refractivity contribution in [3.8, 4) is 0 Å². The number of nitrogens with zero attached hydrogens (tertiary/aromatic N) is 2. The molecule has 0 aromatic carbocycles. The van der Waals surface area contributed by atoms with Gasteiger partial charge in [0.1, 0.15) is 5.76 Å². The molecule has 0 spiro atoms. The van der Waals surface area contributed by atoms with Crippen LogP contribution in [0.15, 0.2) is 22.8 Å². The molecule has 1 aromatic heterocycles. The molecule has 0 amide bonds. The summed E-state index contributed by atoms with van der Waals surface area (Å²) in [6, 6.07) is 4.54. The SMILES string of the molecule is CC1CN(CC(O)CN(Cc2ccco2)C2CCCC2)CC(C)O1. The Morgan fingerprint density at radius 2 is 1.96 bits per heavy atom. The number of hydrogen-bond donors (Lipinski definition) is 1. The van der Waals surface area contributed by atoms with Crippen molar-refractivity contribution in [2.75, 3.05) is 26.2 Å². The molecule has 5 heteroatoms. The molecule has 0 bridgehead atoms. The molecule has 2 heterocycles. The molecule has 24 heavy (non-hydrogen) atoms. The van der Waals surface area contributed by atoms with Gasteiger partial charge in [0.2, 0.25) is 0 Å². The third-order valence-corrected chi connectivity index (χ3v) is 5.19. The number of aliphatic hydroxyl groups is 1. The van der Waals surface area contributed by atoms with Gasteiger partial charge in [0.15, 0.2) is 0 Å². The highest BCUT2D eigenvalue weighted by atomic mass is 16.5. The average Bonchev–Trinajstić information content (AvgIpc) is 3.18. The summed E-state index contributed by atoms with van der Waals surface area (Å²) >= 11 is 0.